The van der Waals surface area contributed by atoms with E-state index in [0.717, 1.165) is 32.1 Å². The lowest BCUT2D eigenvalue weighted by Gasteiger charge is -2.33. The SMILES string of the molecule is O=C(CN1C(=O)C2C3CCC(O3)C2C1=O)N1CCC(Cc2ccccc2)CC1. The zero-order chi connectivity index (χ0) is 19.3. The number of nitrogens with zero attached hydrogens (tertiary/aromatic N) is 2. The Labute approximate surface area is 164 Å². The summed E-state index contributed by atoms with van der Waals surface area (Å²) in [6.45, 7) is 1.30. The molecule has 0 spiro atoms. The van der Waals surface area contributed by atoms with Gasteiger partial charge in [0.15, 0.2) is 0 Å². The van der Waals surface area contributed by atoms with Gasteiger partial charge in [-0.15, -0.1) is 0 Å². The Morgan fingerprint density at radius 2 is 1.54 bits per heavy atom. The molecule has 0 N–H and O–H groups in total. The molecule has 4 fully saturated rings. The van der Waals surface area contributed by atoms with E-state index in [0.29, 0.717) is 19.0 Å². The van der Waals surface area contributed by atoms with Crippen LogP contribution in [0.2, 0.25) is 0 Å². The van der Waals surface area contributed by atoms with Crippen molar-refractivity contribution < 1.29 is 19.1 Å². The molecule has 4 heterocycles. The highest BCUT2D eigenvalue weighted by atomic mass is 16.5. The minimum absolute atomic E-state index is 0.104. The molecular formula is C22H26N2O4. The van der Waals surface area contributed by atoms with Gasteiger partial charge in [-0.1, -0.05) is 30.3 Å². The Kier molecular flexibility index (Phi) is 4.46. The number of benzene rings is 1. The lowest BCUT2D eigenvalue weighted by molar-refractivity contribution is -0.149. The minimum Gasteiger partial charge on any atom is -0.373 e. The smallest absolute Gasteiger partial charge is 0.242 e. The first-order valence-corrected chi connectivity index (χ1v) is 10.4. The maximum Gasteiger partial charge on any atom is 0.242 e. The molecule has 1 aromatic rings. The van der Waals surface area contributed by atoms with E-state index in [-0.39, 0.29) is 48.3 Å². The summed E-state index contributed by atoms with van der Waals surface area (Å²) in [6, 6.07) is 10.4. The summed E-state index contributed by atoms with van der Waals surface area (Å²) in [7, 11) is 0. The van der Waals surface area contributed by atoms with Gasteiger partial charge in [0.05, 0.1) is 24.0 Å². The molecule has 0 aliphatic carbocycles. The van der Waals surface area contributed by atoms with E-state index in [1.54, 1.807) is 0 Å². The van der Waals surface area contributed by atoms with Crippen LogP contribution in [-0.4, -0.2) is 59.4 Å². The van der Waals surface area contributed by atoms with Crippen LogP contribution in [0.3, 0.4) is 0 Å². The molecule has 0 radical (unpaired) electrons. The molecule has 4 aliphatic heterocycles. The zero-order valence-electron chi connectivity index (χ0n) is 16.0. The van der Waals surface area contributed by atoms with E-state index in [4.69, 9.17) is 4.74 Å². The van der Waals surface area contributed by atoms with Gasteiger partial charge in [0.25, 0.3) is 0 Å². The number of hydrogen-bond donors (Lipinski definition) is 0. The van der Waals surface area contributed by atoms with Crippen molar-refractivity contribution in [2.24, 2.45) is 17.8 Å². The molecule has 28 heavy (non-hydrogen) atoms. The summed E-state index contributed by atoms with van der Waals surface area (Å²) in [5, 5.41) is 0. The highest BCUT2D eigenvalue weighted by Gasteiger charge is 2.62. The largest absolute Gasteiger partial charge is 0.373 e. The molecule has 4 atom stereocenters. The third kappa shape index (κ3) is 2.94. The number of fused-ring (bicyclic) bond motifs is 5. The predicted octanol–water partition coefficient (Wildman–Crippen LogP) is 1.63. The Balaban J connectivity index is 1.16. The number of rotatable bonds is 4. The van der Waals surface area contributed by atoms with E-state index in [9.17, 15) is 14.4 Å². The number of likely N-dealkylation sites (tertiary alicyclic amines) is 2. The van der Waals surface area contributed by atoms with Gasteiger partial charge in [0.2, 0.25) is 17.7 Å². The van der Waals surface area contributed by atoms with Crippen molar-refractivity contribution in [2.45, 2.75) is 44.3 Å². The molecule has 4 unspecified atom stereocenters. The fourth-order valence-electron chi connectivity index (χ4n) is 5.50. The minimum atomic E-state index is -0.351. The molecule has 3 amide bonds. The molecule has 1 aromatic carbocycles. The van der Waals surface area contributed by atoms with Gasteiger partial charge in [0, 0.05) is 13.1 Å². The summed E-state index contributed by atoms with van der Waals surface area (Å²) in [5.41, 5.74) is 1.34. The Morgan fingerprint density at radius 3 is 2.14 bits per heavy atom. The molecule has 4 aliphatic rings. The van der Waals surface area contributed by atoms with Crippen LogP contribution in [0.5, 0.6) is 0 Å². The zero-order valence-corrected chi connectivity index (χ0v) is 16.0. The topological polar surface area (TPSA) is 66.9 Å². The molecule has 148 valence electrons. The summed E-state index contributed by atoms with van der Waals surface area (Å²) in [4.78, 5) is 41.2. The van der Waals surface area contributed by atoms with Crippen LogP contribution in [0.4, 0.5) is 0 Å². The summed E-state index contributed by atoms with van der Waals surface area (Å²) in [6.07, 6.45) is 4.42. The van der Waals surface area contributed by atoms with Crippen LogP contribution in [0, 0.1) is 17.8 Å². The van der Waals surface area contributed by atoms with Crippen molar-refractivity contribution in [1.29, 1.82) is 0 Å². The average Bonchev–Trinajstić information content (AvgIpc) is 3.39. The van der Waals surface area contributed by atoms with Gasteiger partial charge in [-0.2, -0.15) is 0 Å². The number of hydrogen-bond acceptors (Lipinski definition) is 4. The Bertz CT molecular complexity index is 759. The van der Waals surface area contributed by atoms with Crippen LogP contribution < -0.4 is 0 Å². The van der Waals surface area contributed by atoms with Crippen LogP contribution in [-0.2, 0) is 25.5 Å². The van der Waals surface area contributed by atoms with Crippen molar-refractivity contribution in [3.63, 3.8) is 0 Å². The average molecular weight is 382 g/mol. The molecule has 0 saturated carbocycles. The molecule has 6 heteroatoms. The van der Waals surface area contributed by atoms with Crippen LogP contribution in [0.25, 0.3) is 0 Å². The quantitative estimate of drug-likeness (QED) is 0.743. The lowest BCUT2D eigenvalue weighted by atomic mass is 9.81. The van der Waals surface area contributed by atoms with Gasteiger partial charge >= 0.3 is 0 Å². The predicted molar refractivity (Wildman–Crippen MR) is 101 cm³/mol. The second-order valence-corrected chi connectivity index (χ2v) is 8.62. The standard InChI is InChI=1S/C22H26N2O4/c25-18(23-10-8-15(9-11-23)12-14-4-2-1-3-5-14)13-24-21(26)19-16-6-7-17(28-16)20(19)22(24)27/h1-5,15-17,19-20H,6-13H2. The first-order chi connectivity index (χ1) is 13.6. The van der Waals surface area contributed by atoms with Crippen molar-refractivity contribution in [2.75, 3.05) is 19.6 Å². The van der Waals surface area contributed by atoms with E-state index in [1.165, 1.54) is 10.5 Å². The van der Waals surface area contributed by atoms with Crippen molar-refractivity contribution in [1.82, 2.24) is 9.80 Å². The van der Waals surface area contributed by atoms with Gasteiger partial charge in [0.1, 0.15) is 6.54 Å². The van der Waals surface area contributed by atoms with Gasteiger partial charge < -0.3 is 9.64 Å². The van der Waals surface area contributed by atoms with Crippen molar-refractivity contribution in [3.8, 4) is 0 Å². The highest BCUT2D eigenvalue weighted by Crippen LogP contribution is 2.48. The van der Waals surface area contributed by atoms with Crippen LogP contribution in [0.15, 0.2) is 30.3 Å². The number of ether oxygens (including phenoxy) is 1. The Hall–Kier alpha value is -2.21. The van der Waals surface area contributed by atoms with E-state index in [1.807, 2.05) is 11.0 Å². The fraction of sp³-hybridized carbons (Fsp3) is 0.591. The summed E-state index contributed by atoms with van der Waals surface area (Å²) in [5.74, 6) is -0.628. The molecule has 4 saturated heterocycles. The second kappa shape index (κ2) is 6.99. The van der Waals surface area contributed by atoms with Crippen LogP contribution in [0.1, 0.15) is 31.2 Å². The highest BCUT2D eigenvalue weighted by molar-refractivity contribution is 6.08. The summed E-state index contributed by atoms with van der Waals surface area (Å²) < 4.78 is 5.75. The number of carbonyl (C=O) groups excluding carboxylic acids is 3. The number of carbonyl (C=O) groups is 3. The Morgan fingerprint density at radius 1 is 0.929 bits per heavy atom. The molecule has 6 nitrogen and oxygen atoms in total. The maximum absolute atomic E-state index is 12.8. The fourth-order valence-corrected chi connectivity index (χ4v) is 5.50. The van der Waals surface area contributed by atoms with E-state index < -0.39 is 0 Å². The van der Waals surface area contributed by atoms with Crippen molar-refractivity contribution in [3.05, 3.63) is 35.9 Å². The van der Waals surface area contributed by atoms with Gasteiger partial charge in [-0.05, 0) is 43.6 Å². The first kappa shape index (κ1) is 17.9. The number of piperidine rings is 1. The molecule has 2 bridgehead atoms. The summed E-state index contributed by atoms with van der Waals surface area (Å²) >= 11 is 0. The van der Waals surface area contributed by atoms with Gasteiger partial charge in [-0.25, -0.2) is 0 Å². The monoisotopic (exact) mass is 382 g/mol. The van der Waals surface area contributed by atoms with E-state index >= 15 is 0 Å². The van der Waals surface area contributed by atoms with Crippen molar-refractivity contribution >= 4 is 17.7 Å². The maximum atomic E-state index is 12.8. The third-order valence-corrected chi connectivity index (χ3v) is 7.00. The number of imide groups is 1. The number of amides is 3. The van der Waals surface area contributed by atoms with Gasteiger partial charge in [-0.3, -0.25) is 19.3 Å². The normalized spacial score (nSPS) is 32.3. The third-order valence-electron chi connectivity index (χ3n) is 7.00. The molecule has 0 aromatic heterocycles. The first-order valence-electron chi connectivity index (χ1n) is 10.4. The molecule has 5 rings (SSSR count). The second-order valence-electron chi connectivity index (χ2n) is 8.62. The molecular weight excluding hydrogens is 356 g/mol. The van der Waals surface area contributed by atoms with E-state index in [2.05, 4.69) is 24.3 Å². The lowest BCUT2D eigenvalue weighted by Crippen LogP contribution is -2.46. The van der Waals surface area contributed by atoms with Crippen LogP contribution >= 0.6 is 0 Å².